The molecule has 188 valence electrons. The van der Waals surface area contributed by atoms with Gasteiger partial charge in [-0.25, -0.2) is 4.79 Å². The Labute approximate surface area is 216 Å². The number of likely N-dealkylation sites (tertiary alicyclic amines) is 1. The molecule has 1 aliphatic carbocycles. The molecule has 3 aromatic rings. The molecule has 0 atom stereocenters. The van der Waals surface area contributed by atoms with Gasteiger partial charge in [-0.3, -0.25) is 4.79 Å². The van der Waals surface area contributed by atoms with Gasteiger partial charge in [-0.2, -0.15) is 0 Å². The van der Waals surface area contributed by atoms with E-state index in [1.165, 1.54) is 10.4 Å². The molecule has 36 heavy (non-hydrogen) atoms. The lowest BCUT2D eigenvalue weighted by atomic mass is 9.99. The quantitative estimate of drug-likeness (QED) is 0.422. The van der Waals surface area contributed by atoms with E-state index in [0.717, 1.165) is 29.7 Å². The third kappa shape index (κ3) is 5.26. The predicted molar refractivity (Wildman–Crippen MR) is 145 cm³/mol. The molecule has 0 bridgehead atoms. The predicted octanol–water partition coefficient (Wildman–Crippen LogP) is 6.17. The van der Waals surface area contributed by atoms with Gasteiger partial charge in [-0.15, -0.1) is 11.3 Å². The molecule has 0 unspecified atom stereocenters. The Hall–Kier alpha value is -3.32. The Morgan fingerprint density at radius 2 is 1.83 bits per heavy atom. The second-order valence-corrected chi connectivity index (χ2v) is 11.8. The Bertz CT molecular complexity index is 1270. The monoisotopic (exact) mass is 503 g/mol. The van der Waals surface area contributed by atoms with Crippen LogP contribution in [0.4, 0.5) is 10.5 Å². The second-order valence-electron chi connectivity index (χ2n) is 10.9. The highest BCUT2D eigenvalue weighted by molar-refractivity contribution is 7.13. The molecular weight excluding hydrogens is 470 g/mol. The highest BCUT2D eigenvalue weighted by atomic mass is 32.1. The fourth-order valence-electron chi connectivity index (χ4n) is 4.55. The molecule has 2 N–H and O–H groups in total. The number of carbonyl (C=O) groups is 2. The van der Waals surface area contributed by atoms with Gasteiger partial charge in [-0.05, 0) is 86.9 Å². The minimum absolute atomic E-state index is 0.0563. The van der Waals surface area contributed by atoms with Crippen molar-refractivity contribution in [1.82, 2.24) is 10.2 Å². The summed E-state index contributed by atoms with van der Waals surface area (Å²) >= 11 is 1.72. The van der Waals surface area contributed by atoms with Crippen molar-refractivity contribution >= 4 is 29.0 Å². The summed E-state index contributed by atoms with van der Waals surface area (Å²) < 4.78 is 5.43. The van der Waals surface area contributed by atoms with E-state index in [-0.39, 0.29) is 23.6 Å². The number of nitrogens with zero attached hydrogens (tertiary/aromatic N) is 1. The number of ether oxygens (including phenoxy) is 1. The van der Waals surface area contributed by atoms with Gasteiger partial charge in [0.1, 0.15) is 5.60 Å². The standard InChI is InChI=1S/C29H33N3O3S/c1-19-10-11-22(30-23-17-32(18-23)27(34)35-28(2,3)4)16-24(19)26(33)31-29(12-13-29)21-8-5-7-20(15-21)25-9-6-14-36-25/h5-11,14-16,23,30H,12-13,17-18H2,1-4H3,(H,31,33). The zero-order chi connectivity index (χ0) is 25.5. The summed E-state index contributed by atoms with van der Waals surface area (Å²) in [7, 11) is 0. The number of anilines is 1. The molecule has 1 saturated heterocycles. The lowest BCUT2D eigenvalue weighted by molar-refractivity contribution is 0.0105. The summed E-state index contributed by atoms with van der Waals surface area (Å²) in [6.07, 6.45) is 1.58. The normalized spacial score (nSPS) is 16.7. The van der Waals surface area contributed by atoms with Crippen LogP contribution in [0.2, 0.25) is 0 Å². The first kappa shape index (κ1) is 24.4. The van der Waals surface area contributed by atoms with Crippen molar-refractivity contribution in [3.8, 4) is 10.4 Å². The maximum absolute atomic E-state index is 13.4. The number of nitrogens with one attached hydrogen (secondary N) is 2. The number of carbonyl (C=O) groups excluding carboxylic acids is 2. The molecule has 1 saturated carbocycles. The summed E-state index contributed by atoms with van der Waals surface area (Å²) in [4.78, 5) is 28.5. The van der Waals surface area contributed by atoms with E-state index in [1.54, 1.807) is 16.2 Å². The first-order valence-corrected chi connectivity index (χ1v) is 13.3. The Kier molecular flexibility index (Phi) is 6.29. The lowest BCUT2D eigenvalue weighted by Crippen LogP contribution is -2.57. The number of benzene rings is 2. The molecule has 2 fully saturated rings. The first-order valence-electron chi connectivity index (χ1n) is 12.4. The molecule has 1 aromatic heterocycles. The molecule has 2 aromatic carbocycles. The topological polar surface area (TPSA) is 70.7 Å². The van der Waals surface area contributed by atoms with Crippen LogP contribution in [0.25, 0.3) is 10.4 Å². The van der Waals surface area contributed by atoms with Crippen molar-refractivity contribution in [3.63, 3.8) is 0 Å². The minimum atomic E-state index is -0.501. The Balaban J connectivity index is 1.24. The highest BCUT2D eigenvalue weighted by Crippen LogP contribution is 2.46. The van der Waals surface area contributed by atoms with E-state index in [4.69, 9.17) is 4.74 Å². The molecule has 2 aliphatic rings. The van der Waals surface area contributed by atoms with Crippen LogP contribution in [0, 0.1) is 6.92 Å². The van der Waals surface area contributed by atoms with Gasteiger partial charge in [0.15, 0.2) is 0 Å². The van der Waals surface area contributed by atoms with Gasteiger partial charge in [-0.1, -0.05) is 30.3 Å². The van der Waals surface area contributed by atoms with Gasteiger partial charge in [0, 0.05) is 29.2 Å². The van der Waals surface area contributed by atoms with Crippen molar-refractivity contribution < 1.29 is 14.3 Å². The number of rotatable bonds is 6. The molecule has 2 heterocycles. The zero-order valence-corrected chi connectivity index (χ0v) is 22.1. The fraction of sp³-hybridized carbons (Fsp3) is 0.379. The van der Waals surface area contributed by atoms with Crippen LogP contribution in [0.3, 0.4) is 0 Å². The zero-order valence-electron chi connectivity index (χ0n) is 21.3. The van der Waals surface area contributed by atoms with Crippen molar-refractivity contribution in [3.05, 3.63) is 76.7 Å². The van der Waals surface area contributed by atoms with Crippen LogP contribution in [-0.4, -0.2) is 41.6 Å². The largest absolute Gasteiger partial charge is 0.444 e. The van der Waals surface area contributed by atoms with E-state index in [2.05, 4.69) is 52.4 Å². The summed E-state index contributed by atoms with van der Waals surface area (Å²) in [5.41, 5.74) is 4.02. The van der Waals surface area contributed by atoms with E-state index in [1.807, 2.05) is 45.9 Å². The van der Waals surface area contributed by atoms with Crippen LogP contribution in [-0.2, 0) is 10.3 Å². The van der Waals surface area contributed by atoms with E-state index in [0.29, 0.717) is 18.7 Å². The van der Waals surface area contributed by atoms with Crippen LogP contribution >= 0.6 is 11.3 Å². The molecular formula is C29H33N3O3S. The second kappa shape index (κ2) is 9.28. The number of thiophene rings is 1. The third-order valence-corrected chi connectivity index (χ3v) is 7.63. The maximum Gasteiger partial charge on any atom is 0.410 e. The van der Waals surface area contributed by atoms with Crippen molar-refractivity contribution in [1.29, 1.82) is 0 Å². The van der Waals surface area contributed by atoms with Gasteiger partial charge < -0.3 is 20.3 Å². The molecule has 5 rings (SSSR count). The summed E-state index contributed by atoms with van der Waals surface area (Å²) in [6.45, 7) is 8.72. The molecule has 7 heteroatoms. The number of hydrogen-bond donors (Lipinski definition) is 2. The fourth-order valence-corrected chi connectivity index (χ4v) is 5.27. The SMILES string of the molecule is Cc1ccc(NC2CN(C(=O)OC(C)(C)C)C2)cc1C(=O)NC1(c2cccc(-c3cccs3)c2)CC1. The van der Waals surface area contributed by atoms with Gasteiger partial charge >= 0.3 is 6.09 Å². The van der Waals surface area contributed by atoms with Crippen LogP contribution in [0.1, 0.15) is 55.1 Å². The molecule has 0 spiro atoms. The van der Waals surface area contributed by atoms with Crippen molar-refractivity contribution in [2.45, 2.75) is 57.7 Å². The van der Waals surface area contributed by atoms with E-state index >= 15 is 0 Å². The number of amides is 2. The summed E-state index contributed by atoms with van der Waals surface area (Å²) in [5, 5.41) is 8.87. The van der Waals surface area contributed by atoms with Crippen molar-refractivity contribution in [2.24, 2.45) is 0 Å². The highest BCUT2D eigenvalue weighted by Gasteiger charge is 2.46. The number of aryl methyl sites for hydroxylation is 1. The average Bonchev–Trinajstić information content (AvgIpc) is 3.36. The maximum atomic E-state index is 13.4. The lowest BCUT2D eigenvalue weighted by Gasteiger charge is -2.40. The van der Waals surface area contributed by atoms with E-state index < -0.39 is 5.60 Å². The van der Waals surface area contributed by atoms with E-state index in [9.17, 15) is 9.59 Å². The number of hydrogen-bond acceptors (Lipinski definition) is 5. The van der Waals surface area contributed by atoms with Gasteiger partial charge in [0.25, 0.3) is 5.91 Å². The van der Waals surface area contributed by atoms with Gasteiger partial charge in [0.2, 0.25) is 0 Å². The Morgan fingerprint density at radius 1 is 1.06 bits per heavy atom. The van der Waals surface area contributed by atoms with Crippen LogP contribution in [0.15, 0.2) is 60.0 Å². The van der Waals surface area contributed by atoms with Crippen LogP contribution < -0.4 is 10.6 Å². The molecule has 2 amide bonds. The first-order chi connectivity index (χ1) is 17.1. The molecule has 1 aliphatic heterocycles. The molecule has 0 radical (unpaired) electrons. The molecule has 6 nitrogen and oxygen atoms in total. The smallest absolute Gasteiger partial charge is 0.410 e. The third-order valence-electron chi connectivity index (χ3n) is 6.71. The summed E-state index contributed by atoms with van der Waals surface area (Å²) in [6, 6.07) is 18.7. The average molecular weight is 504 g/mol. The van der Waals surface area contributed by atoms with Crippen molar-refractivity contribution in [2.75, 3.05) is 18.4 Å². The summed E-state index contributed by atoms with van der Waals surface area (Å²) in [5.74, 6) is -0.0563. The van der Waals surface area contributed by atoms with Gasteiger partial charge in [0.05, 0.1) is 11.6 Å². The van der Waals surface area contributed by atoms with Crippen LogP contribution in [0.5, 0.6) is 0 Å². The Morgan fingerprint density at radius 3 is 2.50 bits per heavy atom. The minimum Gasteiger partial charge on any atom is -0.444 e.